The molecular weight excluding hydrogens is 793 g/mol. The van der Waals surface area contributed by atoms with Gasteiger partial charge in [-0.2, -0.15) is 0 Å². The maximum atomic E-state index is 12.0. The molecule has 330 valence electrons. The van der Waals surface area contributed by atoms with Crippen LogP contribution in [0.4, 0.5) is 9.59 Å². The summed E-state index contributed by atoms with van der Waals surface area (Å²) in [6.45, 7) is 8.76. The Labute approximate surface area is 363 Å². The number of amides is 2. The Hall–Kier alpha value is -5.93. The van der Waals surface area contributed by atoms with Gasteiger partial charge in [0.1, 0.15) is 19.5 Å². The van der Waals surface area contributed by atoms with E-state index in [9.17, 15) is 14.4 Å². The van der Waals surface area contributed by atoms with E-state index in [1.165, 1.54) is 5.56 Å². The molecule has 0 aliphatic carbocycles. The second-order valence-corrected chi connectivity index (χ2v) is 15.8. The lowest BCUT2D eigenvalue weighted by Crippen LogP contribution is -2.49. The number of nitrogens with one attached hydrogen (secondary N) is 1. The van der Waals surface area contributed by atoms with Gasteiger partial charge in [0, 0.05) is 62.8 Å². The third-order valence-electron chi connectivity index (χ3n) is 11.7. The van der Waals surface area contributed by atoms with Crippen LogP contribution in [-0.4, -0.2) is 121 Å². The summed E-state index contributed by atoms with van der Waals surface area (Å²) in [5, 5.41) is 3.29. The third kappa shape index (κ3) is 11.3. The van der Waals surface area contributed by atoms with E-state index in [-0.39, 0.29) is 31.8 Å². The van der Waals surface area contributed by atoms with E-state index in [2.05, 4.69) is 44.5 Å². The Morgan fingerprint density at radius 3 is 1.63 bits per heavy atom. The first-order chi connectivity index (χ1) is 30.0. The van der Waals surface area contributed by atoms with Crippen molar-refractivity contribution in [1.29, 1.82) is 0 Å². The molecule has 2 amide bonds. The van der Waals surface area contributed by atoms with Crippen molar-refractivity contribution >= 4 is 18.5 Å². The van der Waals surface area contributed by atoms with Crippen molar-refractivity contribution < 1.29 is 42.8 Å². The van der Waals surface area contributed by atoms with Crippen molar-refractivity contribution in [2.24, 2.45) is 0 Å². The zero-order chi connectivity index (χ0) is 41.8. The van der Waals surface area contributed by atoms with E-state index < -0.39 is 0 Å². The first-order valence-corrected chi connectivity index (χ1v) is 21.4. The summed E-state index contributed by atoms with van der Waals surface area (Å²) in [6.07, 6.45) is 9.69. The predicted octanol–water partition coefficient (Wildman–Crippen LogP) is 7.02. The number of aldehydes is 1. The van der Waals surface area contributed by atoms with E-state index in [0.29, 0.717) is 67.3 Å². The van der Waals surface area contributed by atoms with Gasteiger partial charge < -0.3 is 43.5 Å². The molecule has 0 bridgehead atoms. The Kier molecular flexibility index (Phi) is 15.5. The average Bonchev–Trinajstić information content (AvgIpc) is 3.33. The van der Waals surface area contributed by atoms with Crippen molar-refractivity contribution in [2.75, 3.05) is 65.7 Å². The Balaban J connectivity index is 0.000000153. The smallest absolute Gasteiger partial charge is 0.410 e. The molecule has 15 nitrogen and oxygen atoms in total. The molecule has 62 heavy (non-hydrogen) atoms. The maximum absolute atomic E-state index is 12.0. The second-order valence-electron chi connectivity index (χ2n) is 15.8. The van der Waals surface area contributed by atoms with Gasteiger partial charge in [0.15, 0.2) is 23.7 Å². The van der Waals surface area contributed by atoms with Crippen LogP contribution in [0.25, 0.3) is 0 Å². The van der Waals surface area contributed by atoms with Crippen molar-refractivity contribution in [3.05, 3.63) is 107 Å². The lowest BCUT2D eigenvalue weighted by Gasteiger charge is -2.39. The van der Waals surface area contributed by atoms with E-state index >= 15 is 0 Å². The summed E-state index contributed by atoms with van der Waals surface area (Å²) in [5.74, 6) is 2.43. The number of cyclic esters (lactones) is 2. The number of benzene rings is 2. The quantitative estimate of drug-likeness (QED) is 0.190. The molecule has 2 aromatic carbocycles. The molecule has 0 spiro atoms. The Morgan fingerprint density at radius 2 is 1.13 bits per heavy atom. The number of hydrogen-bond acceptors (Lipinski definition) is 13. The molecule has 4 fully saturated rings. The summed E-state index contributed by atoms with van der Waals surface area (Å²) in [5.41, 5.74) is 3.99. The van der Waals surface area contributed by atoms with Crippen LogP contribution in [-0.2, 0) is 16.0 Å². The first kappa shape index (κ1) is 44.1. The van der Waals surface area contributed by atoms with E-state index in [4.69, 9.17) is 28.4 Å². The number of hydrogen-bond donors (Lipinski definition) is 1. The standard InChI is InChI=1S/C23H27N3O4.C14H11NO3.C9H16N2O2.CH4/c27-23-26(11-2-14-28-23)19-8-12-25(13-9-19)15-17-4-6-18(7-5-17)21-16-29-20-3-1-10-24-22(20)30-21;16-8-10-3-5-11(6-4-10)13-9-17-12-2-1-7-15-14(12)18-13;12-9-11(6-1-7-13-9)8-2-4-10-5-3-8;/h1,3-7,10,19,21H,2,8-9,11-16H2;1-8,13H,9H2;8,10H,1-7H2;1H4/t21-;13-;;/m11../s1. The van der Waals surface area contributed by atoms with Crippen molar-refractivity contribution in [2.45, 2.75) is 76.8 Å². The maximum Gasteiger partial charge on any atom is 0.410 e. The van der Waals surface area contributed by atoms with E-state index in [1.807, 2.05) is 40.1 Å². The van der Waals surface area contributed by atoms with Crippen molar-refractivity contribution in [1.82, 2.24) is 30.0 Å². The topological polar surface area (TPSA) is 154 Å². The van der Waals surface area contributed by atoms with Gasteiger partial charge in [0.2, 0.25) is 0 Å². The number of ether oxygens (including phenoxy) is 6. The van der Waals surface area contributed by atoms with Gasteiger partial charge in [-0.15, -0.1) is 0 Å². The van der Waals surface area contributed by atoms with Crippen LogP contribution in [0.5, 0.6) is 23.3 Å². The molecule has 6 aliphatic heterocycles. The Morgan fingerprint density at radius 1 is 0.629 bits per heavy atom. The molecule has 0 radical (unpaired) electrons. The number of likely N-dealkylation sites (tertiary alicyclic amines) is 1. The van der Waals surface area contributed by atoms with E-state index in [1.54, 1.807) is 30.6 Å². The SMILES string of the molecule is C.O=C1OCCCN1C1CCN(Cc2ccc([C@H]3COc4cccnc4O3)cc2)CC1.O=C1OCCCN1C1CCNCC1.O=Cc1ccc([C@H]2COc3cccnc3O2)cc1. The van der Waals surface area contributed by atoms with Gasteiger partial charge >= 0.3 is 12.2 Å². The van der Waals surface area contributed by atoms with Gasteiger partial charge in [-0.25, -0.2) is 19.6 Å². The van der Waals surface area contributed by atoms with Gasteiger partial charge in [-0.05, 0) is 92.6 Å². The monoisotopic (exact) mass is 850 g/mol. The second kappa shape index (κ2) is 21.7. The van der Waals surface area contributed by atoms with Gasteiger partial charge in [0.05, 0.1) is 13.2 Å². The number of aromatic nitrogens is 2. The summed E-state index contributed by atoms with van der Waals surface area (Å²) >= 11 is 0. The minimum Gasteiger partial charge on any atom is -0.484 e. The molecule has 2 atom stereocenters. The highest BCUT2D eigenvalue weighted by atomic mass is 16.6. The number of pyridine rings is 2. The van der Waals surface area contributed by atoms with Crippen LogP contribution >= 0.6 is 0 Å². The van der Waals surface area contributed by atoms with Crippen LogP contribution in [0.1, 0.15) is 85.2 Å². The molecule has 4 saturated heterocycles. The molecular formula is C47H58N6O9. The zero-order valence-corrected chi connectivity index (χ0v) is 34.4. The number of fused-ring (bicyclic) bond motifs is 2. The first-order valence-electron chi connectivity index (χ1n) is 21.4. The fraction of sp³-hybridized carbons (Fsp3) is 0.468. The summed E-state index contributed by atoms with van der Waals surface area (Å²) in [4.78, 5) is 48.6. The summed E-state index contributed by atoms with van der Waals surface area (Å²) in [7, 11) is 0. The van der Waals surface area contributed by atoms with Gasteiger partial charge in [0.25, 0.3) is 11.8 Å². The average molecular weight is 851 g/mol. The molecule has 0 saturated carbocycles. The summed E-state index contributed by atoms with van der Waals surface area (Å²) in [6, 6.07) is 23.9. The fourth-order valence-electron chi connectivity index (χ4n) is 8.34. The summed E-state index contributed by atoms with van der Waals surface area (Å²) < 4.78 is 33.3. The third-order valence-corrected chi connectivity index (χ3v) is 11.7. The zero-order valence-electron chi connectivity index (χ0n) is 34.4. The van der Waals surface area contributed by atoms with Crippen LogP contribution in [0.15, 0.2) is 85.2 Å². The van der Waals surface area contributed by atoms with E-state index in [0.717, 1.165) is 102 Å². The highest BCUT2D eigenvalue weighted by Gasteiger charge is 2.31. The number of carbonyl (C=O) groups excluding carboxylic acids is 3. The van der Waals surface area contributed by atoms with Crippen molar-refractivity contribution in [3.63, 3.8) is 0 Å². The molecule has 8 heterocycles. The minimum absolute atomic E-state index is 0. The Bertz CT molecular complexity index is 2060. The number of nitrogens with zero attached hydrogens (tertiary/aromatic N) is 5. The molecule has 0 unspecified atom stereocenters. The number of rotatable bonds is 7. The molecule has 2 aromatic heterocycles. The molecule has 10 rings (SSSR count). The molecule has 1 N–H and O–H groups in total. The minimum atomic E-state index is -0.187. The van der Waals surface area contributed by atoms with Crippen molar-refractivity contribution in [3.8, 4) is 23.3 Å². The highest BCUT2D eigenvalue weighted by Crippen LogP contribution is 2.35. The van der Waals surface area contributed by atoms with Gasteiger partial charge in [-0.3, -0.25) is 9.69 Å². The fourth-order valence-corrected chi connectivity index (χ4v) is 8.34. The lowest BCUT2D eigenvalue weighted by atomic mass is 10.0. The lowest BCUT2D eigenvalue weighted by molar-refractivity contribution is 0.0368. The van der Waals surface area contributed by atoms with Gasteiger partial charge in [-0.1, -0.05) is 56.0 Å². The number of carbonyl (C=O) groups is 3. The molecule has 6 aliphatic rings. The van der Waals surface area contributed by atoms with Crippen LogP contribution in [0.2, 0.25) is 0 Å². The van der Waals surface area contributed by atoms with Crippen LogP contribution in [0, 0.1) is 0 Å². The van der Waals surface area contributed by atoms with Crippen LogP contribution < -0.4 is 24.3 Å². The van der Waals surface area contributed by atoms with Crippen LogP contribution in [0.3, 0.4) is 0 Å². The highest BCUT2D eigenvalue weighted by molar-refractivity contribution is 5.74. The molecule has 15 heteroatoms. The predicted molar refractivity (Wildman–Crippen MR) is 231 cm³/mol. The largest absolute Gasteiger partial charge is 0.484 e. The molecule has 4 aromatic rings. The number of piperidine rings is 2. The normalized spacial score (nSPS) is 21.4.